The third kappa shape index (κ3) is 5.07. The van der Waals surface area contributed by atoms with E-state index in [4.69, 9.17) is 16.3 Å². The van der Waals surface area contributed by atoms with Gasteiger partial charge < -0.3 is 10.1 Å². The zero-order chi connectivity index (χ0) is 22.7. The molecule has 0 saturated carbocycles. The molecule has 0 unspecified atom stereocenters. The predicted molar refractivity (Wildman–Crippen MR) is 102 cm³/mol. The van der Waals surface area contributed by atoms with E-state index in [1.165, 1.54) is 25.3 Å². The Kier molecular flexibility index (Phi) is 6.73. The monoisotopic (exact) mass is 464 g/mol. The van der Waals surface area contributed by atoms with Crippen LogP contribution in [0.5, 0.6) is 5.75 Å². The predicted octanol–water partition coefficient (Wildman–Crippen LogP) is 4.20. The molecule has 2 aromatic carbocycles. The van der Waals surface area contributed by atoms with Crippen molar-refractivity contribution in [2.75, 3.05) is 12.4 Å². The number of benzene rings is 2. The summed E-state index contributed by atoms with van der Waals surface area (Å²) >= 11 is 5.69. The lowest BCUT2D eigenvalue weighted by molar-refractivity contribution is -0.384. The van der Waals surface area contributed by atoms with Gasteiger partial charge in [0.1, 0.15) is 10.8 Å². The first-order chi connectivity index (χ1) is 13.9. The minimum Gasteiger partial charge on any atom is -0.495 e. The summed E-state index contributed by atoms with van der Waals surface area (Å²) in [5, 5.41) is 13.0. The Morgan fingerprint density at radius 1 is 1.23 bits per heavy atom. The summed E-state index contributed by atoms with van der Waals surface area (Å²) in [6, 6.07) is 6.03. The lowest BCUT2D eigenvalue weighted by Crippen LogP contribution is -2.23. The van der Waals surface area contributed by atoms with Gasteiger partial charge in [0.05, 0.1) is 22.6 Å². The lowest BCUT2D eigenvalue weighted by Gasteiger charge is -2.13. The second-order valence-electron chi connectivity index (χ2n) is 5.60. The van der Waals surface area contributed by atoms with E-state index in [-0.39, 0.29) is 27.7 Å². The number of nitro groups is 1. The molecule has 0 bridgehead atoms. The van der Waals surface area contributed by atoms with Crippen LogP contribution in [-0.4, -0.2) is 31.9 Å². The van der Waals surface area contributed by atoms with Crippen molar-refractivity contribution >= 4 is 44.8 Å². The Labute approximate surface area is 173 Å². The molecule has 0 fully saturated rings. The molecule has 0 spiro atoms. The van der Waals surface area contributed by atoms with Crippen LogP contribution >= 0.6 is 11.6 Å². The number of carbonyl (C=O) groups is 1. The molecule has 2 rings (SSSR count). The zero-order valence-corrected chi connectivity index (χ0v) is 16.5. The number of rotatable bonds is 6. The maximum atomic E-state index is 12.7. The van der Waals surface area contributed by atoms with Gasteiger partial charge in [-0.05, 0) is 35.9 Å². The SMILES string of the molecule is COc1ccc(S(=O)(=O)C(F)(F)F)cc1NC(=O)/C=C/c1ccc(Cl)c([N+](=O)[O-])c1. The van der Waals surface area contributed by atoms with E-state index in [1.807, 2.05) is 0 Å². The number of amides is 1. The van der Waals surface area contributed by atoms with Crippen LogP contribution in [0.15, 0.2) is 47.4 Å². The number of anilines is 1. The summed E-state index contributed by atoms with van der Waals surface area (Å²) in [7, 11) is -4.46. The quantitative estimate of drug-likeness (QED) is 0.389. The Balaban J connectivity index is 2.30. The van der Waals surface area contributed by atoms with E-state index in [0.29, 0.717) is 12.1 Å². The molecule has 0 atom stereocenters. The van der Waals surface area contributed by atoms with Crippen LogP contribution in [0.4, 0.5) is 24.5 Å². The van der Waals surface area contributed by atoms with Crippen molar-refractivity contribution in [1.82, 2.24) is 0 Å². The van der Waals surface area contributed by atoms with Gasteiger partial charge >= 0.3 is 5.51 Å². The number of ether oxygens (including phenoxy) is 1. The van der Waals surface area contributed by atoms with Crippen LogP contribution in [0.3, 0.4) is 0 Å². The number of carbonyl (C=O) groups excluding carboxylic acids is 1. The lowest BCUT2D eigenvalue weighted by atomic mass is 10.2. The summed E-state index contributed by atoms with van der Waals surface area (Å²) < 4.78 is 66.3. The third-order valence-electron chi connectivity index (χ3n) is 3.64. The van der Waals surface area contributed by atoms with E-state index in [9.17, 15) is 36.5 Å². The highest BCUT2D eigenvalue weighted by Gasteiger charge is 2.47. The van der Waals surface area contributed by atoms with Crippen molar-refractivity contribution in [1.29, 1.82) is 0 Å². The normalized spacial score (nSPS) is 12.0. The molecule has 0 heterocycles. The number of halogens is 4. The summed E-state index contributed by atoms with van der Waals surface area (Å²) in [5.74, 6) is -0.938. The molecule has 0 aliphatic heterocycles. The molecule has 0 aliphatic rings. The van der Waals surface area contributed by atoms with Gasteiger partial charge in [-0.3, -0.25) is 14.9 Å². The minimum atomic E-state index is -5.63. The van der Waals surface area contributed by atoms with Crippen molar-refractivity contribution in [3.05, 3.63) is 63.2 Å². The fourth-order valence-electron chi connectivity index (χ4n) is 2.21. The van der Waals surface area contributed by atoms with Crippen molar-refractivity contribution < 1.29 is 36.0 Å². The molecule has 0 saturated heterocycles. The van der Waals surface area contributed by atoms with Gasteiger partial charge in [-0.15, -0.1) is 0 Å². The molecule has 1 N–H and O–H groups in total. The number of hydrogen-bond acceptors (Lipinski definition) is 6. The topological polar surface area (TPSA) is 116 Å². The molecule has 1 amide bonds. The summed E-state index contributed by atoms with van der Waals surface area (Å²) in [6.07, 6.45) is 2.14. The van der Waals surface area contributed by atoms with Crippen LogP contribution < -0.4 is 10.1 Å². The fraction of sp³-hybridized carbons (Fsp3) is 0.118. The summed E-state index contributed by atoms with van der Waals surface area (Å²) in [6.45, 7) is 0. The average Bonchev–Trinajstić information content (AvgIpc) is 2.66. The number of sulfone groups is 1. The number of alkyl halides is 3. The Morgan fingerprint density at radius 3 is 2.47 bits per heavy atom. The van der Waals surface area contributed by atoms with Crippen LogP contribution in [0.25, 0.3) is 6.08 Å². The second kappa shape index (κ2) is 8.71. The summed E-state index contributed by atoms with van der Waals surface area (Å²) in [4.78, 5) is 21.2. The molecule has 0 radical (unpaired) electrons. The number of nitrogens with zero attached hydrogens (tertiary/aromatic N) is 1. The maximum absolute atomic E-state index is 12.7. The van der Waals surface area contributed by atoms with Crippen molar-refractivity contribution in [2.45, 2.75) is 10.4 Å². The number of nitrogens with one attached hydrogen (secondary N) is 1. The van der Waals surface area contributed by atoms with E-state index in [2.05, 4.69) is 5.32 Å². The molecule has 160 valence electrons. The first-order valence-corrected chi connectivity index (χ1v) is 9.65. The summed E-state index contributed by atoms with van der Waals surface area (Å²) in [5.41, 5.74) is -5.97. The molecule has 30 heavy (non-hydrogen) atoms. The number of hydrogen-bond donors (Lipinski definition) is 1. The molecule has 0 aliphatic carbocycles. The molecular weight excluding hydrogens is 453 g/mol. The number of methoxy groups -OCH3 is 1. The van der Waals surface area contributed by atoms with E-state index < -0.39 is 31.1 Å². The van der Waals surface area contributed by atoms with Crippen molar-refractivity contribution in [3.63, 3.8) is 0 Å². The van der Waals surface area contributed by atoms with E-state index >= 15 is 0 Å². The first kappa shape index (κ1) is 23.2. The third-order valence-corrected chi connectivity index (χ3v) is 5.44. The van der Waals surface area contributed by atoms with Gasteiger partial charge in [-0.25, -0.2) is 8.42 Å². The smallest absolute Gasteiger partial charge is 0.495 e. The first-order valence-electron chi connectivity index (χ1n) is 7.79. The Morgan fingerprint density at radius 2 is 1.90 bits per heavy atom. The Bertz CT molecular complexity index is 1130. The van der Waals surface area contributed by atoms with Gasteiger partial charge in [0, 0.05) is 12.1 Å². The highest BCUT2D eigenvalue weighted by molar-refractivity contribution is 7.92. The van der Waals surface area contributed by atoms with Gasteiger partial charge in [0.25, 0.3) is 15.5 Å². The van der Waals surface area contributed by atoms with Crippen LogP contribution in [0.2, 0.25) is 5.02 Å². The largest absolute Gasteiger partial charge is 0.501 e. The van der Waals surface area contributed by atoms with Gasteiger partial charge in [-0.1, -0.05) is 17.7 Å². The van der Waals surface area contributed by atoms with Gasteiger partial charge in [0.2, 0.25) is 5.91 Å². The van der Waals surface area contributed by atoms with Crippen LogP contribution in [-0.2, 0) is 14.6 Å². The minimum absolute atomic E-state index is 0.0833. The van der Waals surface area contributed by atoms with Crippen molar-refractivity contribution in [3.8, 4) is 5.75 Å². The van der Waals surface area contributed by atoms with Gasteiger partial charge in [0.15, 0.2) is 0 Å². The molecule has 0 aromatic heterocycles. The van der Waals surface area contributed by atoms with Gasteiger partial charge in [-0.2, -0.15) is 13.2 Å². The van der Waals surface area contributed by atoms with Crippen molar-refractivity contribution in [2.24, 2.45) is 0 Å². The van der Waals surface area contributed by atoms with Crippen LogP contribution in [0.1, 0.15) is 5.56 Å². The molecular formula is C17H12ClF3N2O6S. The average molecular weight is 465 g/mol. The molecule has 13 heteroatoms. The zero-order valence-electron chi connectivity index (χ0n) is 14.9. The fourth-order valence-corrected chi connectivity index (χ4v) is 3.18. The second-order valence-corrected chi connectivity index (χ2v) is 7.95. The highest BCUT2D eigenvalue weighted by atomic mass is 35.5. The van der Waals surface area contributed by atoms with E-state index in [0.717, 1.165) is 18.2 Å². The Hall–Kier alpha value is -3.12. The molecule has 8 nitrogen and oxygen atoms in total. The molecule has 2 aromatic rings. The standard InChI is InChI=1S/C17H12ClF3N2O6S/c1-29-15-6-4-11(30(27,28)17(19,20)21)9-13(15)22-16(24)7-3-10-2-5-12(18)14(8-10)23(25)26/h2-9H,1H3,(H,22,24)/b7-3+. The van der Waals surface area contributed by atoms with E-state index in [1.54, 1.807) is 0 Å². The maximum Gasteiger partial charge on any atom is 0.501 e. The van der Waals surface area contributed by atoms with Crippen LogP contribution in [0, 0.1) is 10.1 Å². The number of nitro benzene ring substituents is 1. The highest BCUT2D eigenvalue weighted by Crippen LogP contribution is 2.34.